The van der Waals surface area contributed by atoms with Gasteiger partial charge in [-0.15, -0.1) is 0 Å². The van der Waals surface area contributed by atoms with Gasteiger partial charge in [0.2, 0.25) is 0 Å². The lowest BCUT2D eigenvalue weighted by Gasteiger charge is -2.24. The van der Waals surface area contributed by atoms with E-state index in [1.54, 1.807) is 19.1 Å². The zero-order valence-corrected chi connectivity index (χ0v) is 13.6. The quantitative estimate of drug-likeness (QED) is 0.785. The van der Waals surface area contributed by atoms with E-state index in [4.69, 9.17) is 0 Å². The number of pyridine rings is 1. The molecule has 2 aromatic rings. The SMILES string of the molecule is Cc1cc(F)ccc1-c1cc(N2CCSC(=O)C2=O)ncc1C#N. The van der Waals surface area contributed by atoms with E-state index in [0.717, 1.165) is 11.8 Å². The molecular formula is C17H12FN3O2S. The fourth-order valence-corrected chi connectivity index (χ4v) is 3.25. The number of halogens is 1. The Bertz CT molecular complexity index is 892. The van der Waals surface area contributed by atoms with Crippen LogP contribution in [0.1, 0.15) is 11.1 Å². The van der Waals surface area contributed by atoms with E-state index < -0.39 is 11.0 Å². The lowest BCUT2D eigenvalue weighted by Crippen LogP contribution is -2.41. The first-order chi connectivity index (χ1) is 11.5. The highest BCUT2D eigenvalue weighted by Crippen LogP contribution is 2.30. The molecule has 7 heteroatoms. The molecule has 1 aliphatic heterocycles. The molecule has 0 spiro atoms. The van der Waals surface area contributed by atoms with Crippen LogP contribution in [0.3, 0.4) is 0 Å². The van der Waals surface area contributed by atoms with Gasteiger partial charge in [0, 0.05) is 24.1 Å². The van der Waals surface area contributed by atoms with Crippen LogP contribution in [0.4, 0.5) is 10.2 Å². The number of amides is 1. The van der Waals surface area contributed by atoms with Crippen molar-refractivity contribution in [2.45, 2.75) is 6.92 Å². The summed E-state index contributed by atoms with van der Waals surface area (Å²) in [5, 5.41) is 8.80. The normalized spacial score (nSPS) is 14.6. The summed E-state index contributed by atoms with van der Waals surface area (Å²) in [7, 11) is 0. The van der Waals surface area contributed by atoms with Crippen molar-refractivity contribution in [1.82, 2.24) is 4.98 Å². The zero-order chi connectivity index (χ0) is 17.3. The second-order valence-corrected chi connectivity index (χ2v) is 6.32. The van der Waals surface area contributed by atoms with Gasteiger partial charge in [0.1, 0.15) is 17.7 Å². The molecule has 0 N–H and O–H groups in total. The maximum absolute atomic E-state index is 13.3. The van der Waals surface area contributed by atoms with E-state index in [0.29, 0.717) is 40.4 Å². The zero-order valence-electron chi connectivity index (χ0n) is 12.7. The van der Waals surface area contributed by atoms with Crippen LogP contribution in [0.25, 0.3) is 11.1 Å². The number of anilines is 1. The summed E-state index contributed by atoms with van der Waals surface area (Å²) in [4.78, 5) is 29.1. The minimum atomic E-state index is -0.620. The Labute approximate surface area is 142 Å². The summed E-state index contributed by atoms with van der Waals surface area (Å²) in [5.41, 5.74) is 2.22. The van der Waals surface area contributed by atoms with Crippen molar-refractivity contribution < 1.29 is 14.0 Å². The maximum Gasteiger partial charge on any atom is 0.306 e. The number of nitrogens with zero attached hydrogens (tertiary/aromatic N) is 3. The summed E-state index contributed by atoms with van der Waals surface area (Å²) >= 11 is 0.985. The Kier molecular flexibility index (Phi) is 4.32. The van der Waals surface area contributed by atoms with Crippen LogP contribution < -0.4 is 4.90 Å². The molecule has 24 heavy (non-hydrogen) atoms. The first-order valence-electron chi connectivity index (χ1n) is 7.16. The fourth-order valence-electron chi connectivity index (χ4n) is 2.55. The molecule has 0 unspecified atom stereocenters. The molecular weight excluding hydrogens is 329 g/mol. The standard InChI is InChI=1S/C17H12FN3O2S/c1-10-6-12(18)2-3-13(10)14-7-15(20-9-11(14)8-19)21-4-5-24-17(23)16(21)22/h2-3,6-7,9H,4-5H2,1H3. The number of nitriles is 1. The number of hydrogen-bond acceptors (Lipinski definition) is 5. The molecule has 2 heterocycles. The molecule has 3 rings (SSSR count). The van der Waals surface area contributed by atoms with Crippen LogP contribution >= 0.6 is 11.8 Å². The molecule has 120 valence electrons. The van der Waals surface area contributed by atoms with Crippen molar-refractivity contribution in [2.75, 3.05) is 17.2 Å². The number of hydrogen-bond donors (Lipinski definition) is 0. The minimum absolute atomic E-state index is 0.311. The Morgan fingerprint density at radius 3 is 2.79 bits per heavy atom. The average Bonchev–Trinajstić information content (AvgIpc) is 2.57. The van der Waals surface area contributed by atoms with Crippen molar-refractivity contribution in [3.05, 3.63) is 47.4 Å². The van der Waals surface area contributed by atoms with Crippen LogP contribution in [0, 0.1) is 24.1 Å². The number of carbonyl (C=O) groups excluding carboxylic acids is 2. The van der Waals surface area contributed by atoms with Gasteiger partial charge in [-0.25, -0.2) is 9.37 Å². The molecule has 0 aliphatic carbocycles. The van der Waals surface area contributed by atoms with Crippen molar-refractivity contribution >= 4 is 28.6 Å². The first kappa shape index (κ1) is 16.1. The molecule has 5 nitrogen and oxygen atoms in total. The van der Waals surface area contributed by atoms with Crippen molar-refractivity contribution in [1.29, 1.82) is 5.26 Å². The molecule has 0 radical (unpaired) electrons. The lowest BCUT2D eigenvalue weighted by atomic mass is 9.97. The predicted molar refractivity (Wildman–Crippen MR) is 88.9 cm³/mol. The summed E-state index contributed by atoms with van der Waals surface area (Å²) < 4.78 is 13.3. The largest absolute Gasteiger partial charge is 0.306 e. The molecule has 1 aliphatic rings. The highest BCUT2D eigenvalue weighted by Gasteiger charge is 2.29. The number of thioether (sulfide) groups is 1. The Morgan fingerprint density at radius 1 is 1.29 bits per heavy atom. The van der Waals surface area contributed by atoms with Crippen LogP contribution in [-0.4, -0.2) is 28.3 Å². The van der Waals surface area contributed by atoms with Gasteiger partial charge in [-0.1, -0.05) is 17.8 Å². The third-order valence-corrected chi connectivity index (χ3v) is 4.56. The number of rotatable bonds is 2. The van der Waals surface area contributed by atoms with E-state index in [9.17, 15) is 19.2 Å². The minimum Gasteiger partial charge on any atom is -0.288 e. The van der Waals surface area contributed by atoms with Gasteiger partial charge >= 0.3 is 5.91 Å². The van der Waals surface area contributed by atoms with Gasteiger partial charge in [-0.2, -0.15) is 5.26 Å². The molecule has 0 atom stereocenters. The summed E-state index contributed by atoms with van der Waals surface area (Å²) in [6.07, 6.45) is 1.37. The smallest absolute Gasteiger partial charge is 0.288 e. The highest BCUT2D eigenvalue weighted by molar-refractivity contribution is 8.15. The van der Waals surface area contributed by atoms with Gasteiger partial charge in [-0.3, -0.25) is 14.5 Å². The fraction of sp³-hybridized carbons (Fsp3) is 0.176. The molecule has 1 amide bonds. The summed E-state index contributed by atoms with van der Waals surface area (Å²) in [6, 6.07) is 7.93. The van der Waals surface area contributed by atoms with E-state index in [1.165, 1.54) is 23.2 Å². The summed E-state index contributed by atoms with van der Waals surface area (Å²) in [6.45, 7) is 2.11. The van der Waals surface area contributed by atoms with Gasteiger partial charge in [0.15, 0.2) is 0 Å². The Balaban J connectivity index is 2.11. The molecule has 1 aromatic carbocycles. The van der Waals surface area contributed by atoms with Crippen molar-refractivity contribution in [3.63, 3.8) is 0 Å². The monoisotopic (exact) mass is 341 g/mol. The Hall–Kier alpha value is -2.72. The van der Waals surface area contributed by atoms with Crippen LogP contribution in [0.5, 0.6) is 0 Å². The van der Waals surface area contributed by atoms with Crippen LogP contribution in [0.2, 0.25) is 0 Å². The van der Waals surface area contributed by atoms with E-state index in [2.05, 4.69) is 11.1 Å². The highest BCUT2D eigenvalue weighted by atomic mass is 32.2. The molecule has 1 aromatic heterocycles. The van der Waals surface area contributed by atoms with Gasteiger partial charge in [-0.05, 0) is 36.2 Å². The molecule has 0 bridgehead atoms. The number of benzene rings is 1. The molecule has 1 saturated heterocycles. The van der Waals surface area contributed by atoms with Gasteiger partial charge in [0.25, 0.3) is 5.12 Å². The van der Waals surface area contributed by atoms with E-state index in [1.807, 2.05) is 0 Å². The van der Waals surface area contributed by atoms with Gasteiger partial charge in [0.05, 0.1) is 5.56 Å². The average molecular weight is 341 g/mol. The second-order valence-electron chi connectivity index (χ2n) is 5.25. The van der Waals surface area contributed by atoms with Crippen molar-refractivity contribution in [3.8, 4) is 17.2 Å². The molecule has 1 fully saturated rings. The topological polar surface area (TPSA) is 74.1 Å². The third kappa shape index (κ3) is 2.88. The predicted octanol–water partition coefficient (Wildman–Crippen LogP) is 2.67. The second kappa shape index (κ2) is 6.42. The van der Waals surface area contributed by atoms with Crippen LogP contribution in [0.15, 0.2) is 30.5 Å². The summed E-state index contributed by atoms with van der Waals surface area (Å²) in [5.74, 6) is -0.175. The maximum atomic E-state index is 13.3. The number of aryl methyl sites for hydroxylation is 1. The third-order valence-electron chi connectivity index (χ3n) is 3.73. The molecule has 0 saturated carbocycles. The first-order valence-corrected chi connectivity index (χ1v) is 8.15. The number of carbonyl (C=O) groups is 2. The van der Waals surface area contributed by atoms with Gasteiger partial charge < -0.3 is 0 Å². The Morgan fingerprint density at radius 2 is 2.08 bits per heavy atom. The van der Waals surface area contributed by atoms with E-state index >= 15 is 0 Å². The van der Waals surface area contributed by atoms with E-state index in [-0.39, 0.29) is 5.82 Å². The number of aromatic nitrogens is 1. The van der Waals surface area contributed by atoms with Crippen molar-refractivity contribution in [2.24, 2.45) is 0 Å². The lowest BCUT2D eigenvalue weighted by molar-refractivity contribution is -0.131. The van der Waals surface area contributed by atoms with Crippen LogP contribution in [-0.2, 0) is 9.59 Å².